The number of ether oxygens (including phenoxy) is 1. The van der Waals surface area contributed by atoms with Gasteiger partial charge in [0.25, 0.3) is 11.7 Å². The third-order valence-corrected chi connectivity index (χ3v) is 3.10. The number of aryl methyl sites for hydroxylation is 1. The predicted molar refractivity (Wildman–Crippen MR) is 79.6 cm³/mol. The van der Waals surface area contributed by atoms with Crippen molar-refractivity contribution in [3.8, 4) is 5.69 Å². The fourth-order valence-corrected chi connectivity index (χ4v) is 1.93. The van der Waals surface area contributed by atoms with E-state index in [-0.39, 0.29) is 17.5 Å². The summed E-state index contributed by atoms with van der Waals surface area (Å²) in [5.41, 5.74) is 0.563. The minimum atomic E-state index is -0.935. The van der Waals surface area contributed by atoms with Crippen molar-refractivity contribution >= 4 is 11.9 Å². The molecule has 2 aromatic rings. The van der Waals surface area contributed by atoms with E-state index in [0.29, 0.717) is 11.5 Å². The third-order valence-electron chi connectivity index (χ3n) is 3.10. The van der Waals surface area contributed by atoms with E-state index >= 15 is 0 Å². The van der Waals surface area contributed by atoms with Crippen molar-refractivity contribution in [1.29, 1.82) is 0 Å². The van der Waals surface area contributed by atoms with Crippen LogP contribution in [-0.4, -0.2) is 51.7 Å². The highest BCUT2D eigenvalue weighted by Gasteiger charge is 2.23. The zero-order valence-corrected chi connectivity index (χ0v) is 13.3. The lowest BCUT2D eigenvalue weighted by Crippen LogP contribution is -2.35. The number of hydrogen-bond acceptors (Lipinski definition) is 5. The lowest BCUT2D eigenvalue weighted by Gasteiger charge is -2.16. The summed E-state index contributed by atoms with van der Waals surface area (Å²) in [6.07, 6.45) is -0.935. The van der Waals surface area contributed by atoms with Gasteiger partial charge in [0.2, 0.25) is 0 Å². The molecule has 0 bridgehead atoms. The maximum Gasteiger partial charge on any atom is 0.379 e. The van der Waals surface area contributed by atoms with Gasteiger partial charge in [0.05, 0.1) is 5.69 Å². The van der Waals surface area contributed by atoms with Gasteiger partial charge in [-0.2, -0.15) is 0 Å². The molecular weight excluding hydrogens is 303 g/mol. The standard InChI is InChI=1S/C15H17FN4O3/c1-9(14(21)19(3)4)23-15(22)13-17-10(2)20(18-13)12-7-5-11(16)6-8-12/h5-9H,1-4H3. The Balaban J connectivity index is 2.18. The lowest BCUT2D eigenvalue weighted by molar-refractivity contribution is -0.137. The van der Waals surface area contributed by atoms with Crippen LogP contribution >= 0.6 is 0 Å². The molecule has 1 aromatic carbocycles. The quantitative estimate of drug-likeness (QED) is 0.795. The SMILES string of the molecule is Cc1nc(C(=O)OC(C)C(=O)N(C)C)nn1-c1ccc(F)cc1. The van der Waals surface area contributed by atoms with Crippen molar-refractivity contribution in [2.75, 3.05) is 14.1 Å². The molecule has 1 aromatic heterocycles. The van der Waals surface area contributed by atoms with Gasteiger partial charge in [0.15, 0.2) is 6.10 Å². The van der Waals surface area contributed by atoms with E-state index in [1.165, 1.54) is 40.8 Å². The number of rotatable bonds is 4. The first-order chi connectivity index (χ1) is 10.8. The monoisotopic (exact) mass is 320 g/mol. The van der Waals surface area contributed by atoms with E-state index in [1.807, 2.05) is 0 Å². The zero-order chi connectivity index (χ0) is 17.1. The molecule has 0 fully saturated rings. The smallest absolute Gasteiger partial charge is 0.379 e. The molecule has 1 unspecified atom stereocenters. The third kappa shape index (κ3) is 3.71. The molecule has 8 heteroatoms. The summed E-state index contributed by atoms with van der Waals surface area (Å²) in [5, 5.41) is 4.05. The van der Waals surface area contributed by atoms with E-state index in [1.54, 1.807) is 21.0 Å². The number of aromatic nitrogens is 3. The van der Waals surface area contributed by atoms with Gasteiger partial charge in [-0.25, -0.2) is 18.9 Å². The second-order valence-corrected chi connectivity index (χ2v) is 5.15. The topological polar surface area (TPSA) is 77.3 Å². The van der Waals surface area contributed by atoms with Gasteiger partial charge in [-0.05, 0) is 38.1 Å². The molecule has 7 nitrogen and oxygen atoms in total. The van der Waals surface area contributed by atoms with Crippen LogP contribution in [0, 0.1) is 12.7 Å². The van der Waals surface area contributed by atoms with Crippen molar-refractivity contribution in [2.24, 2.45) is 0 Å². The second kappa shape index (κ2) is 6.55. The molecular formula is C15H17FN4O3. The Morgan fingerprint density at radius 2 is 1.87 bits per heavy atom. The average Bonchev–Trinajstić information content (AvgIpc) is 2.89. The maximum atomic E-state index is 13.0. The largest absolute Gasteiger partial charge is 0.447 e. The number of carbonyl (C=O) groups is 2. The van der Waals surface area contributed by atoms with Crippen LogP contribution in [0.1, 0.15) is 23.4 Å². The van der Waals surface area contributed by atoms with Gasteiger partial charge in [-0.15, -0.1) is 5.10 Å². The normalized spacial score (nSPS) is 11.9. The van der Waals surface area contributed by atoms with Gasteiger partial charge in [0, 0.05) is 14.1 Å². The van der Waals surface area contributed by atoms with Crippen LogP contribution in [-0.2, 0) is 9.53 Å². The molecule has 0 aliphatic carbocycles. The molecule has 0 spiro atoms. The number of amides is 1. The molecule has 2 rings (SSSR count). The summed E-state index contributed by atoms with van der Waals surface area (Å²) < 4.78 is 19.4. The first-order valence-corrected chi connectivity index (χ1v) is 6.91. The van der Waals surface area contributed by atoms with Crippen LogP contribution in [0.15, 0.2) is 24.3 Å². The Hall–Kier alpha value is -2.77. The van der Waals surface area contributed by atoms with E-state index in [2.05, 4.69) is 10.1 Å². The van der Waals surface area contributed by atoms with Crippen molar-refractivity contribution < 1.29 is 18.7 Å². The molecule has 0 radical (unpaired) electrons. The predicted octanol–water partition coefficient (Wildman–Crippen LogP) is 1.35. The minimum Gasteiger partial charge on any atom is -0.447 e. The molecule has 1 amide bonds. The van der Waals surface area contributed by atoms with Crippen molar-refractivity contribution in [3.05, 3.63) is 41.7 Å². The fourth-order valence-electron chi connectivity index (χ4n) is 1.93. The highest BCUT2D eigenvalue weighted by Crippen LogP contribution is 2.11. The molecule has 1 atom stereocenters. The molecule has 0 saturated heterocycles. The summed E-state index contributed by atoms with van der Waals surface area (Å²) in [6.45, 7) is 3.13. The van der Waals surface area contributed by atoms with Gasteiger partial charge >= 0.3 is 5.97 Å². The van der Waals surface area contributed by atoms with Gasteiger partial charge in [0.1, 0.15) is 11.6 Å². The van der Waals surface area contributed by atoms with Crippen LogP contribution in [0.2, 0.25) is 0 Å². The number of carbonyl (C=O) groups excluding carboxylic acids is 2. The Labute approximate surface area is 132 Å². The molecule has 0 aliphatic heterocycles. The van der Waals surface area contributed by atoms with Crippen molar-refractivity contribution in [3.63, 3.8) is 0 Å². The highest BCUT2D eigenvalue weighted by atomic mass is 19.1. The number of benzene rings is 1. The van der Waals surface area contributed by atoms with Gasteiger partial charge in [-0.3, -0.25) is 4.79 Å². The summed E-state index contributed by atoms with van der Waals surface area (Å²) in [6, 6.07) is 5.60. The van der Waals surface area contributed by atoms with Crippen LogP contribution in [0.3, 0.4) is 0 Å². The van der Waals surface area contributed by atoms with Gasteiger partial charge in [-0.1, -0.05) is 0 Å². The van der Waals surface area contributed by atoms with Crippen molar-refractivity contribution in [1.82, 2.24) is 19.7 Å². The van der Waals surface area contributed by atoms with Crippen LogP contribution < -0.4 is 0 Å². The second-order valence-electron chi connectivity index (χ2n) is 5.15. The molecule has 0 N–H and O–H groups in total. The average molecular weight is 320 g/mol. The summed E-state index contributed by atoms with van der Waals surface area (Å²) in [4.78, 5) is 29.1. The summed E-state index contributed by atoms with van der Waals surface area (Å²) in [5.74, 6) is -1.23. The van der Waals surface area contributed by atoms with Crippen LogP contribution in [0.4, 0.5) is 4.39 Å². The fraction of sp³-hybridized carbons (Fsp3) is 0.333. The zero-order valence-electron chi connectivity index (χ0n) is 13.3. The number of esters is 1. The summed E-state index contributed by atoms with van der Waals surface area (Å²) in [7, 11) is 3.14. The summed E-state index contributed by atoms with van der Waals surface area (Å²) >= 11 is 0. The van der Waals surface area contributed by atoms with Gasteiger partial charge < -0.3 is 9.64 Å². The molecule has 122 valence electrons. The molecule has 1 heterocycles. The minimum absolute atomic E-state index is 0.162. The Kier molecular flexibility index (Phi) is 4.73. The highest BCUT2D eigenvalue weighted by molar-refractivity contribution is 5.89. The molecule has 0 aliphatic rings. The number of likely N-dealkylation sites (N-methyl/N-ethyl adjacent to an activating group) is 1. The first kappa shape index (κ1) is 16.6. The Bertz CT molecular complexity index is 725. The van der Waals surface area contributed by atoms with Crippen LogP contribution in [0.25, 0.3) is 5.69 Å². The van der Waals surface area contributed by atoms with E-state index in [0.717, 1.165) is 0 Å². The first-order valence-electron chi connectivity index (χ1n) is 6.91. The van der Waals surface area contributed by atoms with E-state index < -0.39 is 12.1 Å². The molecule has 0 saturated carbocycles. The van der Waals surface area contributed by atoms with E-state index in [9.17, 15) is 14.0 Å². The van der Waals surface area contributed by atoms with E-state index in [4.69, 9.17) is 4.74 Å². The Morgan fingerprint density at radius 3 is 2.43 bits per heavy atom. The molecule has 23 heavy (non-hydrogen) atoms. The maximum absolute atomic E-state index is 13.0. The lowest BCUT2D eigenvalue weighted by atomic mass is 10.3. The van der Waals surface area contributed by atoms with Crippen molar-refractivity contribution in [2.45, 2.75) is 20.0 Å². The van der Waals surface area contributed by atoms with Crippen LogP contribution in [0.5, 0.6) is 0 Å². The number of nitrogens with zero attached hydrogens (tertiary/aromatic N) is 4. The number of halogens is 1. The number of hydrogen-bond donors (Lipinski definition) is 0. The Morgan fingerprint density at radius 1 is 1.26 bits per heavy atom.